The van der Waals surface area contributed by atoms with Crippen LogP contribution in [0.1, 0.15) is 15.9 Å². The lowest BCUT2D eigenvalue weighted by atomic mass is 10.0. The highest BCUT2D eigenvalue weighted by molar-refractivity contribution is 5.81. The monoisotopic (exact) mass is 342 g/mol. The molecule has 0 bridgehead atoms. The summed E-state index contributed by atoms with van der Waals surface area (Å²) < 4.78 is 46.1. The largest absolute Gasteiger partial charge is 0.488 e. The van der Waals surface area contributed by atoms with Gasteiger partial charge in [0.25, 0.3) is 0 Å². The van der Waals surface area contributed by atoms with Crippen molar-refractivity contribution in [3.8, 4) is 16.9 Å². The predicted molar refractivity (Wildman–Crippen MR) is 87.9 cm³/mol. The number of rotatable bonds is 5. The Morgan fingerprint density at radius 3 is 2.20 bits per heavy atom. The van der Waals surface area contributed by atoms with Crippen molar-refractivity contribution in [2.75, 3.05) is 0 Å². The van der Waals surface area contributed by atoms with E-state index in [1.807, 2.05) is 30.3 Å². The molecule has 5 heteroatoms. The van der Waals surface area contributed by atoms with Gasteiger partial charge in [-0.25, -0.2) is 13.2 Å². The first kappa shape index (κ1) is 16.8. The zero-order chi connectivity index (χ0) is 17.8. The van der Waals surface area contributed by atoms with E-state index < -0.39 is 17.5 Å². The van der Waals surface area contributed by atoms with E-state index in [0.29, 0.717) is 23.2 Å². The van der Waals surface area contributed by atoms with Gasteiger partial charge in [0.05, 0.1) is 0 Å². The summed E-state index contributed by atoms with van der Waals surface area (Å²) in [6.07, 6.45) is 0.612. The molecule has 2 nitrogen and oxygen atoms in total. The van der Waals surface area contributed by atoms with Crippen molar-refractivity contribution in [3.63, 3.8) is 0 Å². The minimum atomic E-state index is -1.54. The van der Waals surface area contributed by atoms with Gasteiger partial charge < -0.3 is 4.74 Å². The molecular weight excluding hydrogens is 329 g/mol. The van der Waals surface area contributed by atoms with Crippen LogP contribution in [0.2, 0.25) is 0 Å². The Labute approximate surface area is 142 Å². The second-order valence-electron chi connectivity index (χ2n) is 5.40. The Balaban J connectivity index is 2.00. The number of ether oxygens (including phenoxy) is 1. The van der Waals surface area contributed by atoms with E-state index >= 15 is 0 Å². The molecule has 25 heavy (non-hydrogen) atoms. The number of carbonyl (C=O) groups excluding carboxylic acids is 1. The first-order valence-corrected chi connectivity index (χ1v) is 7.49. The average molecular weight is 342 g/mol. The molecule has 0 atom stereocenters. The minimum Gasteiger partial charge on any atom is -0.488 e. The molecule has 0 aliphatic heterocycles. The van der Waals surface area contributed by atoms with Gasteiger partial charge in [-0.2, -0.15) is 0 Å². The average Bonchev–Trinajstić information content (AvgIpc) is 2.64. The molecule has 0 aliphatic rings. The maximum absolute atomic E-state index is 13.6. The molecule has 3 aromatic rings. The van der Waals surface area contributed by atoms with Crippen molar-refractivity contribution in [2.45, 2.75) is 6.61 Å². The molecule has 0 heterocycles. The van der Waals surface area contributed by atoms with Crippen LogP contribution in [0.4, 0.5) is 13.2 Å². The maximum atomic E-state index is 13.6. The summed E-state index contributed by atoms with van der Waals surface area (Å²) in [6, 6.07) is 15.6. The summed E-state index contributed by atoms with van der Waals surface area (Å²) in [5.74, 6) is -3.82. The van der Waals surface area contributed by atoms with Crippen LogP contribution in [0, 0.1) is 17.5 Å². The third-order valence-corrected chi connectivity index (χ3v) is 3.67. The molecular formula is C20H13F3O2. The van der Waals surface area contributed by atoms with Crippen molar-refractivity contribution in [2.24, 2.45) is 0 Å². The highest BCUT2D eigenvalue weighted by Crippen LogP contribution is 2.33. The minimum absolute atomic E-state index is 0.0863. The van der Waals surface area contributed by atoms with Crippen LogP contribution >= 0.6 is 0 Å². The molecule has 0 saturated carbocycles. The van der Waals surface area contributed by atoms with Crippen molar-refractivity contribution < 1.29 is 22.7 Å². The summed E-state index contributed by atoms with van der Waals surface area (Å²) >= 11 is 0. The topological polar surface area (TPSA) is 26.3 Å². The molecule has 126 valence electrons. The molecule has 0 amide bonds. The van der Waals surface area contributed by atoms with Gasteiger partial charge in [0.1, 0.15) is 18.6 Å². The van der Waals surface area contributed by atoms with Crippen LogP contribution in [0.25, 0.3) is 11.1 Å². The second-order valence-corrected chi connectivity index (χ2v) is 5.40. The van der Waals surface area contributed by atoms with E-state index in [0.717, 1.165) is 17.7 Å². The fourth-order valence-electron chi connectivity index (χ4n) is 2.42. The summed E-state index contributed by atoms with van der Waals surface area (Å²) in [4.78, 5) is 11.0. The number of hydrogen-bond acceptors (Lipinski definition) is 2. The molecule has 3 rings (SSSR count). The summed E-state index contributed by atoms with van der Waals surface area (Å²) in [7, 11) is 0. The van der Waals surface area contributed by atoms with Crippen LogP contribution in [0.15, 0.2) is 60.7 Å². The number of hydrogen-bond donors (Lipinski definition) is 0. The number of benzene rings is 3. The normalized spacial score (nSPS) is 10.5. The van der Waals surface area contributed by atoms with Gasteiger partial charge in [0.15, 0.2) is 17.5 Å². The third kappa shape index (κ3) is 3.71. The fourth-order valence-corrected chi connectivity index (χ4v) is 2.42. The highest BCUT2D eigenvalue weighted by atomic mass is 19.2. The molecule has 0 spiro atoms. The lowest BCUT2D eigenvalue weighted by Gasteiger charge is -2.13. The van der Waals surface area contributed by atoms with E-state index in [1.54, 1.807) is 6.07 Å². The van der Waals surface area contributed by atoms with Gasteiger partial charge in [-0.1, -0.05) is 30.3 Å². The highest BCUT2D eigenvalue weighted by Gasteiger charge is 2.15. The lowest BCUT2D eigenvalue weighted by molar-refractivity contribution is 0.112. The van der Waals surface area contributed by atoms with E-state index in [1.165, 1.54) is 12.1 Å². The van der Waals surface area contributed by atoms with Gasteiger partial charge >= 0.3 is 0 Å². The number of aldehydes is 1. The summed E-state index contributed by atoms with van der Waals surface area (Å²) in [5.41, 5.74) is 1.61. The SMILES string of the molecule is O=Cc1ccc(OCc2ccccc2)c(-c2cc(F)c(F)c(F)c2)c1. The van der Waals surface area contributed by atoms with Crippen LogP contribution in [-0.4, -0.2) is 6.29 Å². The van der Waals surface area contributed by atoms with Crippen LogP contribution < -0.4 is 4.74 Å². The van der Waals surface area contributed by atoms with Crippen LogP contribution in [-0.2, 0) is 6.61 Å². The van der Waals surface area contributed by atoms with Crippen molar-refractivity contribution in [3.05, 3.63) is 89.2 Å². The standard InChI is InChI=1S/C20H13F3O2/c21-17-9-15(10-18(22)20(17)23)16-8-14(11-24)6-7-19(16)25-12-13-4-2-1-3-5-13/h1-11H,12H2. The van der Waals surface area contributed by atoms with Gasteiger partial charge in [-0.15, -0.1) is 0 Å². The Morgan fingerprint density at radius 1 is 0.880 bits per heavy atom. The summed E-state index contributed by atoms with van der Waals surface area (Å²) in [5, 5.41) is 0. The Hall–Kier alpha value is -3.08. The third-order valence-electron chi connectivity index (χ3n) is 3.67. The number of halogens is 3. The zero-order valence-corrected chi connectivity index (χ0v) is 13.0. The van der Waals surface area contributed by atoms with Gasteiger partial charge in [-0.3, -0.25) is 4.79 Å². The van der Waals surface area contributed by atoms with Gasteiger partial charge in [-0.05, 0) is 41.5 Å². The summed E-state index contributed by atoms with van der Waals surface area (Å²) in [6.45, 7) is 0.237. The Morgan fingerprint density at radius 2 is 1.56 bits per heavy atom. The predicted octanol–water partition coefficient (Wildman–Crippen LogP) is 5.16. The molecule has 0 radical (unpaired) electrons. The lowest BCUT2D eigenvalue weighted by Crippen LogP contribution is -1.99. The Kier molecular flexibility index (Phi) is 4.84. The van der Waals surface area contributed by atoms with Crippen molar-refractivity contribution >= 4 is 6.29 Å². The molecule has 0 aliphatic carbocycles. The van der Waals surface area contributed by atoms with Crippen molar-refractivity contribution in [1.82, 2.24) is 0 Å². The van der Waals surface area contributed by atoms with E-state index in [-0.39, 0.29) is 12.2 Å². The Bertz CT molecular complexity index is 885. The zero-order valence-electron chi connectivity index (χ0n) is 13.0. The second kappa shape index (κ2) is 7.21. The fraction of sp³-hybridized carbons (Fsp3) is 0.0500. The number of carbonyl (C=O) groups is 1. The van der Waals surface area contributed by atoms with E-state index in [4.69, 9.17) is 4.74 Å². The molecule has 0 saturated heterocycles. The first-order chi connectivity index (χ1) is 12.1. The van der Waals surface area contributed by atoms with Crippen LogP contribution in [0.5, 0.6) is 5.75 Å². The van der Waals surface area contributed by atoms with Crippen molar-refractivity contribution in [1.29, 1.82) is 0 Å². The first-order valence-electron chi connectivity index (χ1n) is 7.49. The van der Waals surface area contributed by atoms with E-state index in [9.17, 15) is 18.0 Å². The molecule has 0 N–H and O–H groups in total. The molecule has 0 fully saturated rings. The van der Waals surface area contributed by atoms with Crippen LogP contribution in [0.3, 0.4) is 0 Å². The van der Waals surface area contributed by atoms with E-state index in [2.05, 4.69) is 0 Å². The maximum Gasteiger partial charge on any atom is 0.194 e. The van der Waals surface area contributed by atoms with Gasteiger partial charge in [0.2, 0.25) is 0 Å². The van der Waals surface area contributed by atoms with Gasteiger partial charge in [0, 0.05) is 11.1 Å². The molecule has 3 aromatic carbocycles. The molecule has 0 aromatic heterocycles. The molecule has 0 unspecified atom stereocenters. The quantitative estimate of drug-likeness (QED) is 0.473. The smallest absolute Gasteiger partial charge is 0.194 e.